The summed E-state index contributed by atoms with van der Waals surface area (Å²) < 4.78 is 1.06. The Kier molecular flexibility index (Phi) is 4.27. The summed E-state index contributed by atoms with van der Waals surface area (Å²) in [4.78, 5) is 2.43. The van der Waals surface area contributed by atoms with Crippen molar-refractivity contribution < 1.29 is 0 Å². The summed E-state index contributed by atoms with van der Waals surface area (Å²) in [6.45, 7) is 7.33. The Morgan fingerprint density at radius 3 is 2.57 bits per heavy atom. The van der Waals surface area contributed by atoms with Gasteiger partial charge in [-0.2, -0.15) is 5.10 Å². The van der Waals surface area contributed by atoms with E-state index in [1.54, 1.807) is 0 Å². The van der Waals surface area contributed by atoms with Gasteiger partial charge in [0.25, 0.3) is 0 Å². The van der Waals surface area contributed by atoms with Gasteiger partial charge in [0.15, 0.2) is 0 Å². The van der Waals surface area contributed by atoms with E-state index < -0.39 is 0 Å². The number of nitrogens with zero attached hydrogens (tertiary/aromatic N) is 2. The van der Waals surface area contributed by atoms with E-state index in [9.17, 15) is 0 Å². The summed E-state index contributed by atoms with van der Waals surface area (Å²) in [5.74, 6) is 0. The lowest BCUT2D eigenvalue weighted by molar-refractivity contribution is 0.289. The number of aromatic nitrogens is 2. The van der Waals surface area contributed by atoms with Gasteiger partial charge in [0.05, 0.1) is 16.4 Å². The highest BCUT2D eigenvalue weighted by atomic mass is 79.9. The van der Waals surface area contributed by atoms with E-state index in [0.29, 0.717) is 0 Å². The maximum atomic E-state index is 4.06. The van der Waals surface area contributed by atoms with E-state index >= 15 is 0 Å². The Bertz CT molecular complexity index is 652. The van der Waals surface area contributed by atoms with Crippen LogP contribution in [0.15, 0.2) is 34.9 Å². The van der Waals surface area contributed by atoms with Crippen molar-refractivity contribution in [2.45, 2.75) is 26.8 Å². The van der Waals surface area contributed by atoms with Crippen LogP contribution in [0.5, 0.6) is 0 Å². The van der Waals surface area contributed by atoms with E-state index in [-0.39, 0.29) is 0 Å². The number of aromatic amines is 1. The fourth-order valence-electron chi connectivity index (χ4n) is 2.91. The molecule has 3 rings (SSSR count). The van der Waals surface area contributed by atoms with Gasteiger partial charge in [-0.15, -0.1) is 0 Å². The monoisotopic (exact) mass is 345 g/mol. The summed E-state index contributed by atoms with van der Waals surface area (Å²) in [6.07, 6.45) is 5.28. The number of H-pyrrole nitrogens is 1. The number of hydrogen-bond acceptors (Lipinski definition) is 2. The lowest BCUT2D eigenvalue weighted by atomic mass is 9.96. The number of benzene rings is 1. The average Bonchev–Trinajstić information content (AvgIpc) is 2.84. The van der Waals surface area contributed by atoms with Crippen molar-refractivity contribution in [2.24, 2.45) is 0 Å². The fourth-order valence-corrected chi connectivity index (χ4v) is 3.23. The molecule has 0 aliphatic carbocycles. The topological polar surface area (TPSA) is 31.9 Å². The van der Waals surface area contributed by atoms with Gasteiger partial charge in [-0.3, -0.25) is 10.00 Å². The van der Waals surface area contributed by atoms with E-state index in [1.807, 2.05) is 6.20 Å². The lowest BCUT2D eigenvalue weighted by Crippen LogP contribution is -2.28. The van der Waals surface area contributed by atoms with Crippen LogP contribution in [-0.4, -0.2) is 28.2 Å². The van der Waals surface area contributed by atoms with Crippen LogP contribution in [0.1, 0.15) is 28.8 Å². The number of rotatable bonds is 3. The summed E-state index contributed by atoms with van der Waals surface area (Å²) in [7, 11) is 0. The minimum absolute atomic E-state index is 0.914. The number of nitrogens with one attached hydrogen (secondary N) is 1. The van der Waals surface area contributed by atoms with Crippen molar-refractivity contribution in [3.8, 4) is 0 Å². The standard InChI is InChI=1S/C17H20BrN3/c1-12-7-13(2)9-15(8-12)14-3-5-21(6-4-14)11-17-16(18)10-19-20-17/h3,7-10H,4-6,11H2,1-2H3,(H,19,20). The first-order valence-corrected chi connectivity index (χ1v) is 8.09. The van der Waals surface area contributed by atoms with Crippen LogP contribution in [-0.2, 0) is 6.54 Å². The third-order valence-electron chi connectivity index (χ3n) is 3.93. The molecule has 4 heteroatoms. The maximum absolute atomic E-state index is 4.06. The molecule has 21 heavy (non-hydrogen) atoms. The van der Waals surface area contributed by atoms with Crippen molar-refractivity contribution in [2.75, 3.05) is 13.1 Å². The summed E-state index contributed by atoms with van der Waals surface area (Å²) in [5, 5.41) is 7.11. The summed E-state index contributed by atoms with van der Waals surface area (Å²) >= 11 is 3.52. The third-order valence-corrected chi connectivity index (χ3v) is 4.62. The van der Waals surface area contributed by atoms with Crippen LogP contribution in [0, 0.1) is 13.8 Å². The van der Waals surface area contributed by atoms with Crippen LogP contribution < -0.4 is 0 Å². The lowest BCUT2D eigenvalue weighted by Gasteiger charge is -2.26. The van der Waals surface area contributed by atoms with E-state index in [4.69, 9.17) is 0 Å². The van der Waals surface area contributed by atoms with Crippen molar-refractivity contribution in [1.29, 1.82) is 0 Å². The maximum Gasteiger partial charge on any atom is 0.0634 e. The molecule has 0 bridgehead atoms. The largest absolute Gasteiger partial charge is 0.293 e. The van der Waals surface area contributed by atoms with Crippen molar-refractivity contribution in [3.63, 3.8) is 0 Å². The minimum Gasteiger partial charge on any atom is -0.293 e. The van der Waals surface area contributed by atoms with Gasteiger partial charge in [-0.1, -0.05) is 35.4 Å². The zero-order valence-electron chi connectivity index (χ0n) is 12.5. The number of aryl methyl sites for hydroxylation is 2. The first-order valence-electron chi connectivity index (χ1n) is 7.29. The van der Waals surface area contributed by atoms with Gasteiger partial charge in [-0.05, 0) is 47.3 Å². The molecule has 1 aliphatic rings. The smallest absolute Gasteiger partial charge is 0.0634 e. The molecule has 0 atom stereocenters. The van der Waals surface area contributed by atoms with Crippen LogP contribution in [0.25, 0.3) is 5.57 Å². The Morgan fingerprint density at radius 2 is 2.00 bits per heavy atom. The van der Waals surface area contributed by atoms with Gasteiger partial charge in [0.1, 0.15) is 0 Å². The van der Waals surface area contributed by atoms with Gasteiger partial charge < -0.3 is 0 Å². The van der Waals surface area contributed by atoms with Gasteiger partial charge in [-0.25, -0.2) is 0 Å². The molecule has 0 saturated carbocycles. The SMILES string of the molecule is Cc1cc(C)cc(C2=CCN(Cc3[nH]ncc3Br)CC2)c1. The van der Waals surface area contributed by atoms with Crippen molar-refractivity contribution in [1.82, 2.24) is 15.1 Å². The van der Waals surface area contributed by atoms with Crippen LogP contribution >= 0.6 is 15.9 Å². The molecule has 1 N–H and O–H groups in total. The quantitative estimate of drug-likeness (QED) is 0.908. The molecule has 0 radical (unpaired) electrons. The van der Waals surface area contributed by atoms with Crippen LogP contribution in [0.2, 0.25) is 0 Å². The van der Waals surface area contributed by atoms with E-state index in [2.05, 4.69) is 69.1 Å². The Labute approximate surface area is 134 Å². The van der Waals surface area contributed by atoms with Crippen molar-refractivity contribution in [3.05, 3.63) is 57.3 Å². The highest BCUT2D eigenvalue weighted by molar-refractivity contribution is 9.10. The van der Waals surface area contributed by atoms with Gasteiger partial charge in [0, 0.05) is 19.6 Å². The van der Waals surface area contributed by atoms with Gasteiger partial charge >= 0.3 is 0 Å². The molecule has 1 aromatic heterocycles. The molecule has 1 aliphatic heterocycles. The highest BCUT2D eigenvalue weighted by Crippen LogP contribution is 2.25. The van der Waals surface area contributed by atoms with Crippen molar-refractivity contribution >= 4 is 21.5 Å². The molecule has 0 amide bonds. The van der Waals surface area contributed by atoms with Gasteiger partial charge in [0.2, 0.25) is 0 Å². The zero-order chi connectivity index (χ0) is 14.8. The van der Waals surface area contributed by atoms with Crippen LogP contribution in [0.4, 0.5) is 0 Å². The molecule has 2 heterocycles. The zero-order valence-corrected chi connectivity index (χ0v) is 14.1. The second-order valence-electron chi connectivity index (χ2n) is 5.79. The molecule has 0 spiro atoms. The average molecular weight is 346 g/mol. The molecule has 2 aromatic rings. The first kappa shape index (κ1) is 14.5. The third kappa shape index (κ3) is 3.44. The molecule has 3 nitrogen and oxygen atoms in total. The normalized spacial score (nSPS) is 16.0. The van der Waals surface area contributed by atoms with E-state index in [0.717, 1.165) is 36.2 Å². The second kappa shape index (κ2) is 6.16. The minimum atomic E-state index is 0.914. The van der Waals surface area contributed by atoms with E-state index in [1.165, 1.54) is 22.3 Å². The predicted octanol–water partition coefficient (Wildman–Crippen LogP) is 4.08. The molecule has 1 aromatic carbocycles. The summed E-state index contributed by atoms with van der Waals surface area (Å²) in [6, 6.07) is 6.81. The van der Waals surface area contributed by atoms with Crippen LogP contribution in [0.3, 0.4) is 0 Å². The molecule has 110 valence electrons. The summed E-state index contributed by atoms with van der Waals surface area (Å²) in [5.41, 5.74) is 6.69. The predicted molar refractivity (Wildman–Crippen MR) is 90.1 cm³/mol. The number of halogens is 1. The second-order valence-corrected chi connectivity index (χ2v) is 6.64. The molecule has 0 fully saturated rings. The first-order chi connectivity index (χ1) is 10.1. The molecular formula is C17H20BrN3. The number of hydrogen-bond donors (Lipinski definition) is 1. The molecular weight excluding hydrogens is 326 g/mol. The Balaban J connectivity index is 1.70. The molecule has 0 saturated heterocycles. The Hall–Kier alpha value is -1.39. The Morgan fingerprint density at radius 1 is 1.24 bits per heavy atom. The molecule has 0 unspecified atom stereocenters. The fraction of sp³-hybridized carbons (Fsp3) is 0.353. The highest BCUT2D eigenvalue weighted by Gasteiger charge is 2.15.